The molecule has 7 heteroatoms. The largest absolute Gasteiger partial charge is 0.489 e. The lowest BCUT2D eigenvalue weighted by molar-refractivity contribution is -0.127. The van der Waals surface area contributed by atoms with Crippen molar-refractivity contribution in [1.82, 2.24) is 4.90 Å². The van der Waals surface area contributed by atoms with Crippen molar-refractivity contribution in [2.24, 2.45) is 0 Å². The van der Waals surface area contributed by atoms with Gasteiger partial charge in [0.15, 0.2) is 0 Å². The molecule has 1 aliphatic rings. The maximum atomic E-state index is 12.9. The number of hydrogen-bond donors (Lipinski definition) is 1. The number of hydrogen-bond acceptors (Lipinski definition) is 5. The van der Waals surface area contributed by atoms with Crippen molar-refractivity contribution in [1.29, 1.82) is 0 Å². The van der Waals surface area contributed by atoms with Crippen LogP contribution in [0.1, 0.15) is 16.7 Å². The van der Waals surface area contributed by atoms with Gasteiger partial charge in [-0.25, -0.2) is 0 Å². The third-order valence-electron chi connectivity index (χ3n) is 5.91. The number of ether oxygens (including phenoxy) is 1. The van der Waals surface area contributed by atoms with Gasteiger partial charge < -0.3 is 10.1 Å². The van der Waals surface area contributed by atoms with Crippen LogP contribution < -0.4 is 10.1 Å². The zero-order valence-electron chi connectivity index (χ0n) is 20.1. The Balaban J connectivity index is 1.25. The minimum Gasteiger partial charge on any atom is -0.489 e. The minimum absolute atomic E-state index is 0.263. The second kappa shape index (κ2) is 10.7. The molecule has 1 heterocycles. The van der Waals surface area contributed by atoms with E-state index in [2.05, 4.69) is 23.5 Å². The monoisotopic (exact) mass is 508 g/mol. The van der Waals surface area contributed by atoms with Gasteiger partial charge in [-0.15, -0.1) is 0 Å². The highest BCUT2D eigenvalue weighted by atomic mass is 32.2. The molecule has 4 aromatic rings. The number of carbonyl (C=O) groups excluding carboxylic acids is 3. The summed E-state index contributed by atoms with van der Waals surface area (Å²) in [5.41, 5.74) is 3.42. The Hall–Kier alpha value is -4.36. The molecule has 4 aromatic carbocycles. The number of nitrogens with zero attached hydrogens (tertiary/aromatic N) is 1. The Bertz CT molecular complexity index is 1540. The summed E-state index contributed by atoms with van der Waals surface area (Å²) in [6, 6.07) is 28.9. The zero-order chi connectivity index (χ0) is 25.8. The first kappa shape index (κ1) is 24.3. The molecule has 0 atom stereocenters. The van der Waals surface area contributed by atoms with Crippen molar-refractivity contribution >= 4 is 51.4 Å². The average molecular weight is 509 g/mol. The van der Waals surface area contributed by atoms with Gasteiger partial charge >= 0.3 is 0 Å². The van der Waals surface area contributed by atoms with E-state index in [-0.39, 0.29) is 11.4 Å². The van der Waals surface area contributed by atoms with Crippen molar-refractivity contribution in [3.8, 4) is 5.75 Å². The molecule has 0 bridgehead atoms. The van der Waals surface area contributed by atoms with Crippen molar-refractivity contribution in [3.63, 3.8) is 0 Å². The molecule has 0 saturated carbocycles. The Labute approximate surface area is 218 Å². The SMILES string of the molecule is Cc1cccc(NC(=O)CN2C(=O)S/C(=C/c3cccc(OCc4cccc5ccccc45)c3)C2=O)c1. The van der Waals surface area contributed by atoms with Gasteiger partial charge in [-0.05, 0) is 76.5 Å². The van der Waals surface area contributed by atoms with Gasteiger partial charge in [0.1, 0.15) is 18.9 Å². The Morgan fingerprint density at radius 3 is 2.59 bits per heavy atom. The van der Waals surface area contributed by atoms with Crippen LogP contribution in [0.4, 0.5) is 10.5 Å². The van der Waals surface area contributed by atoms with E-state index >= 15 is 0 Å². The molecule has 1 saturated heterocycles. The van der Waals surface area contributed by atoms with Crippen LogP contribution in [0.3, 0.4) is 0 Å². The molecule has 0 unspecified atom stereocenters. The Morgan fingerprint density at radius 1 is 0.946 bits per heavy atom. The molecule has 184 valence electrons. The van der Waals surface area contributed by atoms with E-state index in [4.69, 9.17) is 4.74 Å². The quantitative estimate of drug-likeness (QED) is 0.292. The highest BCUT2D eigenvalue weighted by Gasteiger charge is 2.36. The van der Waals surface area contributed by atoms with Gasteiger partial charge in [-0.3, -0.25) is 19.3 Å². The number of amides is 3. The molecule has 0 aliphatic carbocycles. The van der Waals surface area contributed by atoms with Crippen molar-refractivity contribution in [2.75, 3.05) is 11.9 Å². The fourth-order valence-corrected chi connectivity index (χ4v) is 4.97. The van der Waals surface area contributed by atoms with Crippen molar-refractivity contribution < 1.29 is 19.1 Å². The highest BCUT2D eigenvalue weighted by Crippen LogP contribution is 2.32. The average Bonchev–Trinajstić information content (AvgIpc) is 3.15. The standard InChI is InChI=1S/C30H24N2O4S/c1-20-7-4-12-24(15-20)31-28(33)18-32-29(34)27(37-30(32)35)17-21-8-5-13-25(16-21)36-19-23-11-6-10-22-9-2-3-14-26(22)23/h2-17H,18-19H2,1H3,(H,31,33)/b27-17+. The lowest BCUT2D eigenvalue weighted by atomic mass is 10.1. The number of fused-ring (bicyclic) bond motifs is 1. The number of imide groups is 1. The van der Waals surface area contributed by atoms with Crippen LogP contribution in [0.5, 0.6) is 5.75 Å². The van der Waals surface area contributed by atoms with E-state index in [1.165, 1.54) is 0 Å². The Morgan fingerprint density at radius 2 is 1.73 bits per heavy atom. The van der Waals surface area contributed by atoms with Gasteiger partial charge in [0.25, 0.3) is 11.1 Å². The van der Waals surface area contributed by atoms with Gasteiger partial charge in [-0.2, -0.15) is 0 Å². The molecule has 1 N–H and O–H groups in total. The van der Waals surface area contributed by atoms with Gasteiger partial charge in [0, 0.05) is 5.69 Å². The molecule has 0 aromatic heterocycles. The fraction of sp³-hybridized carbons (Fsp3) is 0.100. The Kier molecular flexibility index (Phi) is 7.05. The van der Waals surface area contributed by atoms with Crippen LogP contribution in [-0.2, 0) is 16.2 Å². The summed E-state index contributed by atoms with van der Waals surface area (Å²) >= 11 is 0.823. The maximum Gasteiger partial charge on any atom is 0.294 e. The van der Waals surface area contributed by atoms with E-state index in [1.807, 2.05) is 73.7 Å². The molecule has 0 radical (unpaired) electrons. The molecule has 1 aliphatic heterocycles. The summed E-state index contributed by atoms with van der Waals surface area (Å²) in [7, 11) is 0. The zero-order valence-corrected chi connectivity index (χ0v) is 21.0. The molecule has 6 nitrogen and oxygen atoms in total. The molecule has 5 rings (SSSR count). The summed E-state index contributed by atoms with van der Waals surface area (Å²) < 4.78 is 6.04. The predicted molar refractivity (Wildman–Crippen MR) is 147 cm³/mol. The number of nitrogens with one attached hydrogen (secondary N) is 1. The molecule has 0 spiro atoms. The summed E-state index contributed by atoms with van der Waals surface area (Å²) in [6.45, 7) is 1.97. The molecule has 3 amide bonds. The van der Waals surface area contributed by atoms with E-state index in [9.17, 15) is 14.4 Å². The lowest BCUT2D eigenvalue weighted by Crippen LogP contribution is -2.36. The topological polar surface area (TPSA) is 75.7 Å². The summed E-state index contributed by atoms with van der Waals surface area (Å²) in [5, 5.41) is 4.55. The van der Waals surface area contributed by atoms with Crippen LogP contribution in [0, 0.1) is 6.92 Å². The molecular weight excluding hydrogens is 484 g/mol. The molecular formula is C30H24N2O4S. The third kappa shape index (κ3) is 5.73. The number of rotatable bonds is 7. The van der Waals surface area contributed by atoms with Crippen LogP contribution in [0.2, 0.25) is 0 Å². The number of carbonyl (C=O) groups is 3. The molecule has 37 heavy (non-hydrogen) atoms. The lowest BCUT2D eigenvalue weighted by Gasteiger charge is -2.12. The van der Waals surface area contributed by atoms with Crippen LogP contribution in [0.15, 0.2) is 95.9 Å². The molecule has 1 fully saturated rings. The van der Waals surface area contributed by atoms with E-state index in [0.29, 0.717) is 18.0 Å². The first-order valence-electron chi connectivity index (χ1n) is 11.8. The second-order valence-corrected chi connectivity index (χ2v) is 9.68. The third-order valence-corrected chi connectivity index (χ3v) is 6.81. The van der Waals surface area contributed by atoms with E-state index in [0.717, 1.165) is 44.1 Å². The second-order valence-electron chi connectivity index (χ2n) is 8.68. The minimum atomic E-state index is -0.489. The normalized spacial score (nSPS) is 14.4. The number of thioether (sulfide) groups is 1. The maximum absolute atomic E-state index is 12.9. The number of aryl methyl sites for hydroxylation is 1. The summed E-state index contributed by atoms with van der Waals surface area (Å²) in [4.78, 5) is 39.0. The van der Waals surface area contributed by atoms with Crippen molar-refractivity contribution in [2.45, 2.75) is 13.5 Å². The van der Waals surface area contributed by atoms with Crippen LogP contribution in [-0.4, -0.2) is 28.5 Å². The van der Waals surface area contributed by atoms with Gasteiger partial charge in [0.2, 0.25) is 5.91 Å². The van der Waals surface area contributed by atoms with E-state index in [1.54, 1.807) is 12.1 Å². The summed E-state index contributed by atoms with van der Waals surface area (Å²) in [6.07, 6.45) is 1.65. The summed E-state index contributed by atoms with van der Waals surface area (Å²) in [5.74, 6) is -0.270. The van der Waals surface area contributed by atoms with Crippen molar-refractivity contribution in [3.05, 3.63) is 113 Å². The van der Waals surface area contributed by atoms with Gasteiger partial charge in [-0.1, -0.05) is 66.7 Å². The smallest absolute Gasteiger partial charge is 0.294 e. The highest BCUT2D eigenvalue weighted by molar-refractivity contribution is 8.18. The first-order valence-corrected chi connectivity index (χ1v) is 12.6. The van der Waals surface area contributed by atoms with Gasteiger partial charge in [0.05, 0.1) is 4.91 Å². The first-order chi connectivity index (χ1) is 18.0. The number of benzene rings is 4. The van der Waals surface area contributed by atoms with Crippen LogP contribution >= 0.6 is 11.8 Å². The van der Waals surface area contributed by atoms with E-state index < -0.39 is 17.1 Å². The van der Waals surface area contributed by atoms with Crippen LogP contribution in [0.25, 0.3) is 16.8 Å². The number of anilines is 1. The predicted octanol–water partition coefficient (Wildman–Crippen LogP) is 6.40. The fourth-order valence-electron chi connectivity index (χ4n) is 4.13.